The molecule has 0 unspecified atom stereocenters. The van der Waals surface area contributed by atoms with Crippen molar-refractivity contribution in [1.29, 1.82) is 0 Å². The van der Waals surface area contributed by atoms with E-state index >= 15 is 0 Å². The van der Waals surface area contributed by atoms with Crippen molar-refractivity contribution in [3.8, 4) is 0 Å². The molecule has 1 N–H and O–H groups in total. The van der Waals surface area contributed by atoms with Crippen molar-refractivity contribution in [2.24, 2.45) is 5.92 Å². The smallest absolute Gasteiger partial charge is 0.214 e. The molecule has 0 amide bonds. The summed E-state index contributed by atoms with van der Waals surface area (Å²) in [6.45, 7) is 1.61. The Morgan fingerprint density at radius 3 is 2.24 bits per heavy atom. The molecule has 6 heteroatoms. The Hall–Kier alpha value is 0.160. The maximum absolute atomic E-state index is 12.1. The normalized spacial score (nSPS) is 23.2. The van der Waals surface area contributed by atoms with Gasteiger partial charge < -0.3 is 5.32 Å². The Kier molecular flexibility index (Phi) is 5.70. The molecule has 0 aromatic carbocycles. The van der Waals surface area contributed by atoms with Gasteiger partial charge in [0.25, 0.3) is 0 Å². The molecule has 1 aliphatic heterocycles. The highest BCUT2D eigenvalue weighted by Gasteiger charge is 2.32. The van der Waals surface area contributed by atoms with Crippen LogP contribution in [-0.4, -0.2) is 44.7 Å². The fourth-order valence-corrected chi connectivity index (χ4v) is 4.29. The van der Waals surface area contributed by atoms with Crippen LogP contribution in [0, 0.1) is 5.92 Å². The summed E-state index contributed by atoms with van der Waals surface area (Å²) in [5.41, 5.74) is 0. The van der Waals surface area contributed by atoms with Crippen LogP contribution in [0.2, 0.25) is 0 Å². The van der Waals surface area contributed by atoms with Gasteiger partial charge in [0.05, 0.1) is 5.75 Å². The Bertz CT molecular complexity index is 324. The molecule has 0 spiro atoms. The second-order valence-electron chi connectivity index (χ2n) is 5.11. The molecule has 1 saturated carbocycles. The van der Waals surface area contributed by atoms with Gasteiger partial charge in [0.2, 0.25) is 10.0 Å². The first-order chi connectivity index (χ1) is 7.59. The van der Waals surface area contributed by atoms with Gasteiger partial charge in [0.15, 0.2) is 0 Å². The minimum Gasteiger partial charge on any atom is -0.313 e. The second kappa shape index (κ2) is 6.36. The van der Waals surface area contributed by atoms with E-state index in [1.807, 2.05) is 0 Å². The van der Waals surface area contributed by atoms with Gasteiger partial charge in [-0.2, -0.15) is 4.31 Å². The summed E-state index contributed by atoms with van der Waals surface area (Å²) in [5, 5.41) is 3.11. The number of sulfonamides is 1. The van der Waals surface area contributed by atoms with E-state index in [1.165, 1.54) is 19.3 Å². The molecule has 4 nitrogen and oxygen atoms in total. The van der Waals surface area contributed by atoms with E-state index in [0.29, 0.717) is 11.7 Å². The van der Waals surface area contributed by atoms with Crippen molar-refractivity contribution in [2.45, 2.75) is 38.1 Å². The van der Waals surface area contributed by atoms with Gasteiger partial charge in [0, 0.05) is 26.2 Å². The molecule has 17 heavy (non-hydrogen) atoms. The average molecular weight is 283 g/mol. The van der Waals surface area contributed by atoms with Crippen molar-refractivity contribution in [3.63, 3.8) is 0 Å². The first kappa shape index (κ1) is 15.2. The maximum Gasteiger partial charge on any atom is 0.214 e. The van der Waals surface area contributed by atoms with Crippen LogP contribution in [0.5, 0.6) is 0 Å². The number of halogens is 1. The zero-order chi connectivity index (χ0) is 11.6. The third-order valence-corrected chi connectivity index (χ3v) is 5.95. The summed E-state index contributed by atoms with van der Waals surface area (Å²) >= 11 is 0. The topological polar surface area (TPSA) is 49.4 Å². The summed E-state index contributed by atoms with van der Waals surface area (Å²) < 4.78 is 25.8. The molecule has 0 atom stereocenters. The van der Waals surface area contributed by atoms with E-state index in [2.05, 4.69) is 5.32 Å². The van der Waals surface area contributed by atoms with Crippen LogP contribution >= 0.6 is 12.4 Å². The van der Waals surface area contributed by atoms with Gasteiger partial charge >= 0.3 is 0 Å². The fourth-order valence-electron chi connectivity index (χ4n) is 2.53. The number of nitrogens with zero attached hydrogens (tertiary/aromatic N) is 1. The fraction of sp³-hybridized carbons (Fsp3) is 1.00. The molecular formula is C11H23ClN2O2S. The van der Waals surface area contributed by atoms with Crippen LogP contribution in [0.4, 0.5) is 0 Å². The number of rotatable bonds is 4. The van der Waals surface area contributed by atoms with E-state index in [1.54, 1.807) is 11.4 Å². The molecule has 102 valence electrons. The van der Waals surface area contributed by atoms with Gasteiger partial charge in [-0.1, -0.05) is 19.3 Å². The molecule has 2 fully saturated rings. The van der Waals surface area contributed by atoms with E-state index in [9.17, 15) is 8.42 Å². The minimum atomic E-state index is -3.03. The molecular weight excluding hydrogens is 260 g/mol. The largest absolute Gasteiger partial charge is 0.313 e. The number of hydrogen-bond acceptors (Lipinski definition) is 3. The lowest BCUT2D eigenvalue weighted by atomic mass is 9.91. The molecule has 2 rings (SSSR count). The molecule has 1 aliphatic carbocycles. The lowest BCUT2D eigenvalue weighted by Crippen LogP contribution is -2.58. The number of nitrogens with one attached hydrogen (secondary N) is 1. The van der Waals surface area contributed by atoms with Crippen molar-refractivity contribution in [2.75, 3.05) is 25.9 Å². The van der Waals surface area contributed by atoms with Crippen molar-refractivity contribution in [1.82, 2.24) is 9.62 Å². The quantitative estimate of drug-likeness (QED) is 0.844. The third-order valence-electron chi connectivity index (χ3n) is 3.88. The van der Waals surface area contributed by atoms with Crippen molar-refractivity contribution < 1.29 is 8.42 Å². The molecule has 1 saturated heterocycles. The van der Waals surface area contributed by atoms with E-state index in [-0.39, 0.29) is 18.4 Å². The van der Waals surface area contributed by atoms with Gasteiger partial charge in [0.1, 0.15) is 0 Å². The summed E-state index contributed by atoms with van der Waals surface area (Å²) in [7, 11) is -1.30. The summed E-state index contributed by atoms with van der Waals surface area (Å²) in [6.07, 6.45) is 5.87. The zero-order valence-corrected chi connectivity index (χ0v) is 12.0. The van der Waals surface area contributed by atoms with Crippen molar-refractivity contribution >= 4 is 22.4 Å². The zero-order valence-electron chi connectivity index (χ0n) is 10.4. The summed E-state index contributed by atoms with van der Waals surface area (Å²) in [4.78, 5) is 0. The van der Waals surface area contributed by atoms with E-state index in [0.717, 1.165) is 25.9 Å². The van der Waals surface area contributed by atoms with Gasteiger partial charge in [-0.15, -0.1) is 12.4 Å². The highest BCUT2D eigenvalue weighted by atomic mass is 35.5. The molecule has 1 heterocycles. The summed E-state index contributed by atoms with van der Waals surface area (Å²) in [6, 6.07) is 0.189. The summed E-state index contributed by atoms with van der Waals surface area (Å²) in [5.74, 6) is 0.759. The minimum absolute atomic E-state index is 0. The lowest BCUT2D eigenvalue weighted by molar-refractivity contribution is 0.270. The monoisotopic (exact) mass is 282 g/mol. The Morgan fingerprint density at radius 2 is 1.76 bits per heavy atom. The average Bonchev–Trinajstić information content (AvgIpc) is 2.15. The van der Waals surface area contributed by atoms with E-state index < -0.39 is 10.0 Å². The first-order valence-corrected chi connectivity index (χ1v) is 7.87. The molecule has 0 radical (unpaired) electrons. The Balaban J connectivity index is 0.00000144. The van der Waals surface area contributed by atoms with Crippen LogP contribution < -0.4 is 5.32 Å². The number of likely N-dealkylation sites (N-methyl/N-ethyl adjacent to an activating group) is 1. The Morgan fingerprint density at radius 1 is 1.18 bits per heavy atom. The molecule has 0 aromatic heterocycles. The third kappa shape index (κ3) is 3.81. The predicted molar refractivity (Wildman–Crippen MR) is 72.0 cm³/mol. The Labute approximate surface area is 111 Å². The van der Waals surface area contributed by atoms with Gasteiger partial charge in [-0.05, 0) is 18.8 Å². The van der Waals surface area contributed by atoms with Gasteiger partial charge in [-0.3, -0.25) is 0 Å². The lowest BCUT2D eigenvalue weighted by Gasteiger charge is -2.35. The van der Waals surface area contributed by atoms with Crippen LogP contribution in [0.15, 0.2) is 0 Å². The first-order valence-electron chi connectivity index (χ1n) is 6.26. The van der Waals surface area contributed by atoms with Crippen molar-refractivity contribution in [3.05, 3.63) is 0 Å². The van der Waals surface area contributed by atoms with Crippen LogP contribution in [0.3, 0.4) is 0 Å². The molecule has 2 aliphatic rings. The second-order valence-corrected chi connectivity index (χ2v) is 7.18. The van der Waals surface area contributed by atoms with Crippen LogP contribution in [-0.2, 0) is 10.0 Å². The maximum atomic E-state index is 12.1. The highest BCUT2D eigenvalue weighted by Crippen LogP contribution is 2.26. The standard InChI is InChI=1S/C11H22N2O2S.ClH/c1-13(11-7-12-8-11)16(14,15)9-10-5-3-2-4-6-10;/h10-12H,2-9H2,1H3;1H. The van der Waals surface area contributed by atoms with Crippen LogP contribution in [0.1, 0.15) is 32.1 Å². The van der Waals surface area contributed by atoms with E-state index in [4.69, 9.17) is 0 Å². The highest BCUT2D eigenvalue weighted by molar-refractivity contribution is 7.89. The molecule has 0 bridgehead atoms. The SMILES string of the molecule is CN(C1CNC1)S(=O)(=O)CC1CCCCC1.Cl. The molecule has 0 aromatic rings. The van der Waals surface area contributed by atoms with Gasteiger partial charge in [-0.25, -0.2) is 8.42 Å². The number of hydrogen-bond donors (Lipinski definition) is 1. The predicted octanol–water partition coefficient (Wildman–Crippen LogP) is 1.22. The van der Waals surface area contributed by atoms with Crippen LogP contribution in [0.25, 0.3) is 0 Å².